The van der Waals surface area contributed by atoms with Crippen LogP contribution in [0.4, 0.5) is 0 Å². The van der Waals surface area contributed by atoms with E-state index in [1.54, 1.807) is 18.5 Å². The van der Waals surface area contributed by atoms with Crippen LogP contribution in [0.3, 0.4) is 0 Å². The second kappa shape index (κ2) is 7.28. The lowest BCUT2D eigenvalue weighted by molar-refractivity contribution is 1.25. The molecule has 2 nitrogen and oxygen atoms in total. The first-order valence-corrected chi connectivity index (χ1v) is 8.91. The summed E-state index contributed by atoms with van der Waals surface area (Å²) >= 11 is 12.9. The summed E-state index contributed by atoms with van der Waals surface area (Å²) < 4.78 is 0. The van der Waals surface area contributed by atoms with Gasteiger partial charge in [-0.15, -0.1) is 0 Å². The lowest BCUT2D eigenvalue weighted by atomic mass is 9.92. The predicted octanol–water partition coefficient (Wildman–Crippen LogP) is 6.78. The van der Waals surface area contributed by atoms with Crippen molar-refractivity contribution in [2.75, 3.05) is 0 Å². The van der Waals surface area contributed by atoms with Gasteiger partial charge in [-0.3, -0.25) is 9.97 Å². The Morgan fingerprint density at radius 3 is 2.19 bits per heavy atom. The van der Waals surface area contributed by atoms with Crippen LogP contribution >= 0.6 is 23.2 Å². The maximum absolute atomic E-state index is 6.57. The number of halogens is 2. The van der Waals surface area contributed by atoms with Gasteiger partial charge in [-0.05, 0) is 35.4 Å². The Balaban J connectivity index is 2.07. The third kappa shape index (κ3) is 3.10. The highest BCUT2D eigenvalue weighted by Gasteiger charge is 2.19. The molecule has 4 heteroatoms. The summed E-state index contributed by atoms with van der Waals surface area (Å²) in [5.74, 6) is 0. The maximum atomic E-state index is 6.57. The minimum absolute atomic E-state index is 0.511. The van der Waals surface area contributed by atoms with Crippen molar-refractivity contribution in [1.82, 2.24) is 9.97 Å². The third-order valence-corrected chi connectivity index (χ3v) is 4.98. The van der Waals surface area contributed by atoms with Gasteiger partial charge < -0.3 is 0 Å². The van der Waals surface area contributed by atoms with Crippen molar-refractivity contribution in [1.29, 1.82) is 0 Å². The summed E-state index contributed by atoms with van der Waals surface area (Å²) in [6.07, 6.45) is 3.56. The molecule has 4 aromatic rings. The molecular weight excluding hydrogens is 363 g/mol. The van der Waals surface area contributed by atoms with Crippen molar-refractivity contribution in [2.24, 2.45) is 0 Å². The van der Waals surface area contributed by atoms with Gasteiger partial charge in [0.1, 0.15) is 0 Å². The van der Waals surface area contributed by atoms with Crippen LogP contribution < -0.4 is 0 Å². The molecule has 0 N–H and O–H groups in total. The van der Waals surface area contributed by atoms with Gasteiger partial charge in [0.25, 0.3) is 0 Å². The van der Waals surface area contributed by atoms with E-state index in [1.165, 1.54) is 0 Å². The number of aromatic nitrogens is 2. The number of hydrogen-bond donors (Lipinski definition) is 0. The number of nitrogens with zero attached hydrogens (tertiary/aromatic N) is 2. The fourth-order valence-electron chi connectivity index (χ4n) is 2.99. The van der Waals surface area contributed by atoms with E-state index in [1.807, 2.05) is 54.6 Å². The normalized spacial score (nSPS) is 10.7. The zero-order chi connectivity index (χ0) is 17.9. The number of pyridine rings is 2. The molecule has 0 radical (unpaired) electrons. The lowest BCUT2D eigenvalue weighted by Gasteiger charge is -2.16. The van der Waals surface area contributed by atoms with Gasteiger partial charge in [-0.25, -0.2) is 0 Å². The van der Waals surface area contributed by atoms with Crippen LogP contribution in [0.5, 0.6) is 0 Å². The molecule has 0 amide bonds. The number of benzene rings is 2. The van der Waals surface area contributed by atoms with Crippen LogP contribution in [0.2, 0.25) is 10.0 Å². The van der Waals surface area contributed by atoms with E-state index in [9.17, 15) is 0 Å². The monoisotopic (exact) mass is 376 g/mol. The minimum atomic E-state index is 0.511. The quantitative estimate of drug-likeness (QED) is 0.393. The second-order valence-electron chi connectivity index (χ2n) is 5.76. The third-order valence-electron chi connectivity index (χ3n) is 4.16. The van der Waals surface area contributed by atoms with E-state index in [2.05, 4.69) is 22.1 Å². The molecule has 0 fully saturated rings. The Morgan fingerprint density at radius 1 is 0.615 bits per heavy atom. The maximum Gasteiger partial charge on any atom is 0.0971 e. The Morgan fingerprint density at radius 2 is 1.42 bits per heavy atom. The molecule has 0 aliphatic carbocycles. The first-order chi connectivity index (χ1) is 12.8. The first-order valence-electron chi connectivity index (χ1n) is 8.16. The van der Waals surface area contributed by atoms with E-state index in [-0.39, 0.29) is 0 Å². The second-order valence-corrected chi connectivity index (χ2v) is 6.55. The lowest BCUT2D eigenvalue weighted by Crippen LogP contribution is -1.95. The van der Waals surface area contributed by atoms with E-state index in [0.717, 1.165) is 33.6 Å². The van der Waals surface area contributed by atoms with Crippen molar-refractivity contribution < 1.29 is 0 Å². The molecule has 2 aromatic carbocycles. The Kier molecular flexibility index (Phi) is 4.70. The standard InChI is InChI=1S/C22H14Cl2N2/c23-18-10-6-9-17(21(18)24)20-16(15-7-2-1-3-8-15)12-14-26-22(20)19-11-4-5-13-25-19/h1-14H. The van der Waals surface area contributed by atoms with Gasteiger partial charge >= 0.3 is 0 Å². The molecular formula is C22H14Cl2N2. The van der Waals surface area contributed by atoms with Gasteiger partial charge in [-0.1, -0.05) is 71.7 Å². The zero-order valence-electron chi connectivity index (χ0n) is 13.7. The first kappa shape index (κ1) is 16.8. The topological polar surface area (TPSA) is 25.8 Å². The van der Waals surface area contributed by atoms with Gasteiger partial charge in [0.2, 0.25) is 0 Å². The molecule has 2 heterocycles. The molecule has 4 rings (SSSR count). The summed E-state index contributed by atoms with van der Waals surface area (Å²) in [5.41, 5.74) is 5.44. The van der Waals surface area contributed by atoms with E-state index >= 15 is 0 Å². The molecule has 26 heavy (non-hydrogen) atoms. The van der Waals surface area contributed by atoms with Crippen molar-refractivity contribution in [2.45, 2.75) is 0 Å². The Bertz CT molecular complexity index is 990. The van der Waals surface area contributed by atoms with Crippen LogP contribution in [0, 0.1) is 0 Å². The predicted molar refractivity (Wildman–Crippen MR) is 108 cm³/mol. The highest BCUT2D eigenvalue weighted by Crippen LogP contribution is 2.42. The van der Waals surface area contributed by atoms with Crippen LogP contribution in [-0.4, -0.2) is 9.97 Å². The molecule has 0 aliphatic rings. The minimum Gasteiger partial charge on any atom is -0.255 e. The molecule has 0 bridgehead atoms. The summed E-state index contributed by atoms with van der Waals surface area (Å²) in [5, 5.41) is 1.02. The van der Waals surface area contributed by atoms with Crippen LogP contribution in [-0.2, 0) is 0 Å². The highest BCUT2D eigenvalue weighted by atomic mass is 35.5. The van der Waals surface area contributed by atoms with Gasteiger partial charge in [-0.2, -0.15) is 0 Å². The van der Waals surface area contributed by atoms with Crippen LogP contribution in [0.25, 0.3) is 33.6 Å². The van der Waals surface area contributed by atoms with Crippen molar-refractivity contribution >= 4 is 23.2 Å². The summed E-state index contributed by atoms with van der Waals surface area (Å²) in [6.45, 7) is 0. The Labute approximate surface area is 162 Å². The molecule has 2 aromatic heterocycles. The van der Waals surface area contributed by atoms with Crippen LogP contribution in [0.15, 0.2) is 85.2 Å². The number of rotatable bonds is 3. The van der Waals surface area contributed by atoms with E-state index < -0.39 is 0 Å². The van der Waals surface area contributed by atoms with Crippen LogP contribution in [0.1, 0.15) is 0 Å². The van der Waals surface area contributed by atoms with Gasteiger partial charge in [0.15, 0.2) is 0 Å². The molecule has 0 saturated heterocycles. The van der Waals surface area contributed by atoms with Gasteiger partial charge in [0.05, 0.1) is 21.4 Å². The van der Waals surface area contributed by atoms with Crippen molar-refractivity contribution in [3.8, 4) is 33.6 Å². The fraction of sp³-hybridized carbons (Fsp3) is 0. The molecule has 126 valence electrons. The largest absolute Gasteiger partial charge is 0.255 e. The Hall–Kier alpha value is -2.68. The van der Waals surface area contributed by atoms with E-state index in [4.69, 9.17) is 23.2 Å². The summed E-state index contributed by atoms with van der Waals surface area (Å²) in [4.78, 5) is 9.10. The van der Waals surface area contributed by atoms with E-state index in [0.29, 0.717) is 10.0 Å². The summed E-state index contributed by atoms with van der Waals surface area (Å²) in [7, 11) is 0. The summed E-state index contributed by atoms with van der Waals surface area (Å²) in [6, 6.07) is 23.6. The molecule has 0 unspecified atom stereocenters. The van der Waals surface area contributed by atoms with Crippen molar-refractivity contribution in [3.63, 3.8) is 0 Å². The average molecular weight is 377 g/mol. The fourth-order valence-corrected chi connectivity index (χ4v) is 3.38. The molecule has 0 aliphatic heterocycles. The number of hydrogen-bond acceptors (Lipinski definition) is 2. The molecule has 0 spiro atoms. The van der Waals surface area contributed by atoms with Gasteiger partial charge in [0, 0.05) is 23.5 Å². The molecule has 0 atom stereocenters. The van der Waals surface area contributed by atoms with Crippen molar-refractivity contribution in [3.05, 3.63) is 95.2 Å². The highest BCUT2D eigenvalue weighted by molar-refractivity contribution is 6.44. The average Bonchev–Trinajstić information content (AvgIpc) is 2.71. The zero-order valence-corrected chi connectivity index (χ0v) is 15.2. The SMILES string of the molecule is Clc1cccc(-c2c(-c3ccccc3)ccnc2-c2ccccn2)c1Cl. The molecule has 0 saturated carbocycles. The smallest absolute Gasteiger partial charge is 0.0971 e.